The minimum absolute atomic E-state index is 0.107. The Bertz CT molecular complexity index is 528. The van der Waals surface area contributed by atoms with E-state index in [1.165, 1.54) is 5.56 Å². The molecule has 2 rings (SSSR count). The van der Waals surface area contributed by atoms with Crippen molar-refractivity contribution in [2.24, 2.45) is 5.92 Å². The summed E-state index contributed by atoms with van der Waals surface area (Å²) in [5.41, 5.74) is 2.65. The molecule has 1 aromatic carbocycles. The highest BCUT2D eigenvalue weighted by molar-refractivity contribution is 5.97. The van der Waals surface area contributed by atoms with E-state index in [1.807, 2.05) is 19.9 Å². The van der Waals surface area contributed by atoms with Crippen LogP contribution >= 0.6 is 0 Å². The largest absolute Gasteiger partial charge is 0.480 e. The van der Waals surface area contributed by atoms with Crippen LogP contribution in [0.3, 0.4) is 0 Å². The summed E-state index contributed by atoms with van der Waals surface area (Å²) < 4.78 is 0. The predicted molar refractivity (Wildman–Crippen MR) is 77.0 cm³/mol. The van der Waals surface area contributed by atoms with Crippen LogP contribution in [-0.2, 0) is 11.2 Å². The first-order valence-corrected chi connectivity index (χ1v) is 6.93. The number of hydrogen-bond acceptors (Lipinski definition) is 3. The Balaban J connectivity index is 2.12. The summed E-state index contributed by atoms with van der Waals surface area (Å²) in [5.74, 6) is -1.44. The lowest BCUT2D eigenvalue weighted by molar-refractivity contribution is -0.140. The van der Waals surface area contributed by atoms with Crippen molar-refractivity contribution < 1.29 is 14.7 Å². The molecule has 0 spiro atoms. The summed E-state index contributed by atoms with van der Waals surface area (Å²) in [5, 5.41) is 15.0. The fraction of sp³-hybridized carbons (Fsp3) is 0.467. The van der Waals surface area contributed by atoms with Crippen molar-refractivity contribution in [3.8, 4) is 0 Å². The van der Waals surface area contributed by atoms with Gasteiger partial charge in [-0.1, -0.05) is 26.3 Å². The van der Waals surface area contributed by atoms with E-state index in [4.69, 9.17) is 0 Å². The standard InChI is InChI=1S/C15H20N2O3/c1-3-9(2)13(15(19)20)17-14(18)11-5-4-10-6-7-16-12(10)8-11/h4-5,8-9,13,16H,3,6-7H2,1-2H3,(H,17,18)(H,19,20). The van der Waals surface area contributed by atoms with Gasteiger partial charge in [-0.15, -0.1) is 0 Å². The number of rotatable bonds is 5. The fourth-order valence-electron chi connectivity index (χ4n) is 2.34. The molecule has 108 valence electrons. The Hall–Kier alpha value is -2.04. The van der Waals surface area contributed by atoms with Crippen molar-refractivity contribution >= 4 is 17.6 Å². The van der Waals surface area contributed by atoms with Crippen molar-refractivity contribution in [3.63, 3.8) is 0 Å². The highest BCUT2D eigenvalue weighted by Crippen LogP contribution is 2.23. The highest BCUT2D eigenvalue weighted by atomic mass is 16.4. The molecule has 1 aliphatic heterocycles. The maximum absolute atomic E-state index is 12.2. The lowest BCUT2D eigenvalue weighted by Gasteiger charge is -2.20. The summed E-state index contributed by atoms with van der Waals surface area (Å²) in [6.07, 6.45) is 1.66. The van der Waals surface area contributed by atoms with Crippen LogP contribution in [0.5, 0.6) is 0 Å². The molecule has 5 nitrogen and oxygen atoms in total. The predicted octanol–water partition coefficient (Wildman–Crippen LogP) is 1.88. The van der Waals surface area contributed by atoms with Crippen LogP contribution in [0.25, 0.3) is 0 Å². The van der Waals surface area contributed by atoms with Gasteiger partial charge in [-0.25, -0.2) is 4.79 Å². The molecule has 0 aromatic heterocycles. The molecule has 0 bridgehead atoms. The maximum Gasteiger partial charge on any atom is 0.326 e. The Morgan fingerprint density at radius 3 is 2.85 bits per heavy atom. The summed E-state index contributed by atoms with van der Waals surface area (Å²) in [6.45, 7) is 4.61. The SMILES string of the molecule is CCC(C)C(NC(=O)c1ccc2c(c1)NCC2)C(=O)O. The van der Waals surface area contributed by atoms with E-state index < -0.39 is 12.0 Å². The molecule has 1 amide bonds. The average molecular weight is 276 g/mol. The minimum Gasteiger partial charge on any atom is -0.480 e. The number of carbonyl (C=O) groups excluding carboxylic acids is 1. The van der Waals surface area contributed by atoms with Crippen molar-refractivity contribution in [1.82, 2.24) is 5.32 Å². The van der Waals surface area contributed by atoms with Gasteiger partial charge < -0.3 is 15.7 Å². The van der Waals surface area contributed by atoms with Crippen LogP contribution in [0, 0.1) is 5.92 Å². The third-order valence-corrected chi connectivity index (χ3v) is 3.85. The van der Waals surface area contributed by atoms with E-state index in [-0.39, 0.29) is 11.8 Å². The van der Waals surface area contributed by atoms with Crippen LogP contribution in [0.4, 0.5) is 5.69 Å². The van der Waals surface area contributed by atoms with E-state index in [9.17, 15) is 14.7 Å². The smallest absolute Gasteiger partial charge is 0.326 e. The quantitative estimate of drug-likeness (QED) is 0.767. The van der Waals surface area contributed by atoms with E-state index in [0.717, 1.165) is 18.7 Å². The molecule has 2 atom stereocenters. The third-order valence-electron chi connectivity index (χ3n) is 3.85. The number of carboxylic acids is 1. The van der Waals surface area contributed by atoms with E-state index in [2.05, 4.69) is 10.6 Å². The van der Waals surface area contributed by atoms with E-state index >= 15 is 0 Å². The number of amides is 1. The molecule has 1 heterocycles. The zero-order valence-corrected chi connectivity index (χ0v) is 11.8. The summed E-state index contributed by atoms with van der Waals surface area (Å²) in [7, 11) is 0. The number of carboxylic acid groups (broad SMARTS) is 1. The number of anilines is 1. The monoisotopic (exact) mass is 276 g/mol. The summed E-state index contributed by atoms with van der Waals surface area (Å²) >= 11 is 0. The Kier molecular flexibility index (Phi) is 4.27. The third kappa shape index (κ3) is 2.92. The number of hydrogen-bond donors (Lipinski definition) is 3. The van der Waals surface area contributed by atoms with Gasteiger partial charge in [0.1, 0.15) is 6.04 Å². The number of nitrogens with one attached hydrogen (secondary N) is 2. The molecule has 0 saturated carbocycles. The van der Waals surface area contributed by atoms with Crippen molar-refractivity contribution in [3.05, 3.63) is 29.3 Å². The summed E-state index contributed by atoms with van der Waals surface area (Å²) in [6, 6.07) is 4.60. The molecule has 5 heteroatoms. The number of aliphatic carboxylic acids is 1. The molecule has 1 aliphatic rings. The lowest BCUT2D eigenvalue weighted by Crippen LogP contribution is -2.45. The topological polar surface area (TPSA) is 78.4 Å². The van der Waals surface area contributed by atoms with Crippen molar-refractivity contribution in [2.75, 3.05) is 11.9 Å². The second kappa shape index (κ2) is 5.94. The average Bonchev–Trinajstić information content (AvgIpc) is 2.90. The summed E-state index contributed by atoms with van der Waals surface area (Å²) in [4.78, 5) is 23.4. The Morgan fingerprint density at radius 2 is 2.20 bits per heavy atom. The van der Waals surface area contributed by atoms with Gasteiger partial charge >= 0.3 is 5.97 Å². The number of carbonyl (C=O) groups is 2. The van der Waals surface area contributed by atoms with Gasteiger partial charge in [0.15, 0.2) is 0 Å². The molecule has 1 aromatic rings. The molecule has 0 radical (unpaired) electrons. The van der Waals surface area contributed by atoms with Crippen LogP contribution < -0.4 is 10.6 Å². The number of fused-ring (bicyclic) bond motifs is 1. The van der Waals surface area contributed by atoms with Crippen LogP contribution in [0.2, 0.25) is 0 Å². The molecule has 3 N–H and O–H groups in total. The van der Waals surface area contributed by atoms with Crippen molar-refractivity contribution in [1.29, 1.82) is 0 Å². The maximum atomic E-state index is 12.2. The Morgan fingerprint density at radius 1 is 1.45 bits per heavy atom. The second-order valence-electron chi connectivity index (χ2n) is 5.22. The van der Waals surface area contributed by atoms with E-state index in [1.54, 1.807) is 12.1 Å². The lowest BCUT2D eigenvalue weighted by atomic mass is 9.98. The van der Waals surface area contributed by atoms with Crippen LogP contribution in [0.1, 0.15) is 36.2 Å². The molecular weight excluding hydrogens is 256 g/mol. The normalized spacial score (nSPS) is 15.9. The van der Waals surface area contributed by atoms with Gasteiger partial charge in [-0.05, 0) is 30.0 Å². The second-order valence-corrected chi connectivity index (χ2v) is 5.22. The van der Waals surface area contributed by atoms with Gasteiger partial charge in [0.05, 0.1) is 0 Å². The first-order valence-electron chi connectivity index (χ1n) is 6.93. The van der Waals surface area contributed by atoms with Crippen LogP contribution in [0.15, 0.2) is 18.2 Å². The van der Waals surface area contributed by atoms with Gasteiger partial charge in [-0.2, -0.15) is 0 Å². The Labute approximate surface area is 118 Å². The molecular formula is C15H20N2O3. The molecule has 0 saturated heterocycles. The van der Waals surface area contributed by atoms with E-state index in [0.29, 0.717) is 12.0 Å². The van der Waals surface area contributed by atoms with Gasteiger partial charge in [0, 0.05) is 17.8 Å². The fourth-order valence-corrected chi connectivity index (χ4v) is 2.34. The zero-order valence-electron chi connectivity index (χ0n) is 11.8. The minimum atomic E-state index is -0.994. The molecule has 0 fully saturated rings. The molecule has 2 unspecified atom stereocenters. The molecule has 20 heavy (non-hydrogen) atoms. The van der Waals surface area contributed by atoms with Crippen molar-refractivity contribution in [2.45, 2.75) is 32.7 Å². The number of benzene rings is 1. The first-order chi connectivity index (χ1) is 9.52. The van der Waals surface area contributed by atoms with Gasteiger partial charge in [-0.3, -0.25) is 4.79 Å². The first kappa shape index (κ1) is 14.4. The zero-order chi connectivity index (χ0) is 14.7. The molecule has 0 aliphatic carbocycles. The highest BCUT2D eigenvalue weighted by Gasteiger charge is 2.26. The van der Waals surface area contributed by atoms with Gasteiger partial charge in [0.25, 0.3) is 5.91 Å². The van der Waals surface area contributed by atoms with Gasteiger partial charge in [0.2, 0.25) is 0 Å². The van der Waals surface area contributed by atoms with Crippen LogP contribution in [-0.4, -0.2) is 29.6 Å².